The van der Waals surface area contributed by atoms with E-state index in [-0.39, 0.29) is 23.1 Å². The van der Waals surface area contributed by atoms with E-state index < -0.39 is 5.97 Å². The van der Waals surface area contributed by atoms with Crippen LogP contribution in [0.5, 0.6) is 0 Å². The number of aromatic amines is 1. The van der Waals surface area contributed by atoms with Gasteiger partial charge in [0.2, 0.25) is 0 Å². The van der Waals surface area contributed by atoms with Gasteiger partial charge in [0.1, 0.15) is 5.69 Å². The highest BCUT2D eigenvalue weighted by molar-refractivity contribution is 6.01. The number of carboxylic acid groups (broad SMARTS) is 1. The maximum Gasteiger partial charge on any atom is 0.352 e. The fraction of sp³-hybridized carbons (Fsp3) is 0.600. The van der Waals surface area contributed by atoms with E-state index in [9.17, 15) is 9.59 Å². The third kappa shape index (κ3) is 2.44. The monoisotopic (exact) mass is 278 g/mol. The number of hydrogen-bond donors (Lipinski definition) is 3. The van der Waals surface area contributed by atoms with Crippen LogP contribution in [-0.2, 0) is 0 Å². The summed E-state index contributed by atoms with van der Waals surface area (Å²) in [5.74, 6) is -1.21. The lowest BCUT2D eigenvalue weighted by molar-refractivity contribution is 0.0690. The van der Waals surface area contributed by atoms with Crippen LogP contribution in [-0.4, -0.2) is 28.0 Å². The third-order valence-electron chi connectivity index (χ3n) is 4.44. The minimum atomic E-state index is -1.04. The van der Waals surface area contributed by atoms with Crippen molar-refractivity contribution in [3.8, 4) is 0 Å². The highest BCUT2D eigenvalue weighted by Crippen LogP contribution is 2.37. The van der Waals surface area contributed by atoms with Crippen LogP contribution < -0.4 is 5.32 Å². The van der Waals surface area contributed by atoms with E-state index in [1.165, 1.54) is 0 Å². The predicted molar refractivity (Wildman–Crippen MR) is 76.1 cm³/mol. The molecule has 0 radical (unpaired) electrons. The van der Waals surface area contributed by atoms with Crippen molar-refractivity contribution >= 4 is 11.9 Å². The van der Waals surface area contributed by atoms with Crippen LogP contribution in [0.25, 0.3) is 0 Å². The number of nitrogens with one attached hydrogen (secondary N) is 2. The minimum absolute atomic E-state index is 0.0957. The number of amides is 1. The third-order valence-corrected chi connectivity index (χ3v) is 4.44. The zero-order valence-corrected chi connectivity index (χ0v) is 12.5. The Morgan fingerprint density at radius 3 is 2.45 bits per heavy atom. The molecule has 1 aliphatic rings. The van der Waals surface area contributed by atoms with Gasteiger partial charge in [0, 0.05) is 11.7 Å². The van der Waals surface area contributed by atoms with Gasteiger partial charge in [-0.25, -0.2) is 4.79 Å². The average molecular weight is 278 g/mol. The van der Waals surface area contributed by atoms with Gasteiger partial charge in [-0.15, -0.1) is 0 Å². The van der Waals surface area contributed by atoms with Crippen molar-refractivity contribution in [3.05, 3.63) is 22.5 Å². The molecular formula is C15H22N2O3. The van der Waals surface area contributed by atoms with Gasteiger partial charge < -0.3 is 15.4 Å². The number of hydrogen-bond acceptors (Lipinski definition) is 2. The molecule has 2 rings (SSSR count). The lowest BCUT2D eigenvalue weighted by Gasteiger charge is -2.27. The summed E-state index contributed by atoms with van der Waals surface area (Å²) in [5.41, 5.74) is 1.77. The van der Waals surface area contributed by atoms with Crippen LogP contribution in [0.4, 0.5) is 0 Å². The molecule has 0 aromatic carbocycles. The Balaban J connectivity index is 2.24. The van der Waals surface area contributed by atoms with Crippen LogP contribution in [0.3, 0.4) is 0 Å². The molecule has 1 aromatic rings. The molecule has 1 aliphatic carbocycles. The van der Waals surface area contributed by atoms with Crippen LogP contribution in [0.15, 0.2) is 0 Å². The van der Waals surface area contributed by atoms with Crippen molar-refractivity contribution < 1.29 is 14.7 Å². The minimum Gasteiger partial charge on any atom is -0.477 e. The van der Waals surface area contributed by atoms with E-state index in [1.54, 1.807) is 13.8 Å². The molecule has 5 nitrogen and oxygen atoms in total. The van der Waals surface area contributed by atoms with E-state index in [0.29, 0.717) is 16.8 Å². The van der Waals surface area contributed by atoms with Gasteiger partial charge in [0.05, 0.1) is 5.56 Å². The predicted octanol–water partition coefficient (Wildman–Crippen LogP) is 2.64. The molecule has 5 heteroatoms. The Morgan fingerprint density at radius 2 is 2.00 bits per heavy atom. The van der Waals surface area contributed by atoms with Crippen molar-refractivity contribution in [1.29, 1.82) is 0 Å². The summed E-state index contributed by atoms with van der Waals surface area (Å²) in [5, 5.41) is 12.2. The fourth-order valence-corrected chi connectivity index (χ4v) is 3.13. The molecule has 1 saturated carbocycles. The van der Waals surface area contributed by atoms with Gasteiger partial charge in [0.25, 0.3) is 5.91 Å². The first-order chi connectivity index (χ1) is 9.24. The number of aryl methyl sites for hydroxylation is 1. The van der Waals surface area contributed by atoms with E-state index >= 15 is 0 Å². The van der Waals surface area contributed by atoms with Gasteiger partial charge in [0.15, 0.2) is 0 Å². The molecule has 1 fully saturated rings. The number of rotatable bonds is 3. The molecule has 1 unspecified atom stereocenters. The van der Waals surface area contributed by atoms with Crippen LogP contribution in [0.2, 0.25) is 0 Å². The van der Waals surface area contributed by atoms with Gasteiger partial charge in [-0.3, -0.25) is 4.79 Å². The van der Waals surface area contributed by atoms with Gasteiger partial charge in [-0.2, -0.15) is 0 Å². The summed E-state index contributed by atoms with van der Waals surface area (Å²) < 4.78 is 0. The highest BCUT2D eigenvalue weighted by Gasteiger charge is 2.36. The zero-order valence-electron chi connectivity index (χ0n) is 12.5. The summed E-state index contributed by atoms with van der Waals surface area (Å²) in [6, 6.07) is 0.150. The second-order valence-electron chi connectivity index (χ2n) is 6.34. The van der Waals surface area contributed by atoms with Gasteiger partial charge in [-0.05, 0) is 37.7 Å². The topological polar surface area (TPSA) is 82.2 Å². The largest absolute Gasteiger partial charge is 0.477 e. The fourth-order valence-electron chi connectivity index (χ4n) is 3.13. The maximum absolute atomic E-state index is 12.4. The maximum atomic E-state index is 12.4. The molecule has 1 aromatic heterocycles. The summed E-state index contributed by atoms with van der Waals surface area (Å²) in [6.45, 7) is 7.71. The number of carboxylic acids is 1. The summed E-state index contributed by atoms with van der Waals surface area (Å²) in [7, 11) is 0. The number of aromatic carboxylic acids is 1. The molecule has 0 spiro atoms. The van der Waals surface area contributed by atoms with Crippen molar-refractivity contribution in [2.45, 2.75) is 53.0 Å². The number of H-pyrrole nitrogens is 1. The first kappa shape index (κ1) is 14.6. The van der Waals surface area contributed by atoms with E-state index in [0.717, 1.165) is 19.3 Å². The SMILES string of the molecule is Cc1[nH]c(C(=O)O)c(C)c1C(=O)NC1CCCC1(C)C. The average Bonchev–Trinajstić information content (AvgIpc) is 2.80. The lowest BCUT2D eigenvalue weighted by atomic mass is 9.87. The molecular weight excluding hydrogens is 256 g/mol. The second-order valence-corrected chi connectivity index (χ2v) is 6.34. The molecule has 1 heterocycles. The van der Waals surface area contributed by atoms with E-state index in [2.05, 4.69) is 24.1 Å². The van der Waals surface area contributed by atoms with Crippen LogP contribution >= 0.6 is 0 Å². The zero-order chi connectivity index (χ0) is 15.1. The Labute approximate surface area is 118 Å². The van der Waals surface area contributed by atoms with E-state index in [1.807, 2.05) is 0 Å². The lowest BCUT2D eigenvalue weighted by Crippen LogP contribution is -2.41. The molecule has 3 N–H and O–H groups in total. The normalized spacial score (nSPS) is 20.9. The van der Waals surface area contributed by atoms with Crippen LogP contribution in [0.1, 0.15) is 65.2 Å². The van der Waals surface area contributed by atoms with Crippen molar-refractivity contribution in [1.82, 2.24) is 10.3 Å². The number of carbonyl (C=O) groups excluding carboxylic acids is 1. The number of carbonyl (C=O) groups is 2. The Hall–Kier alpha value is -1.78. The summed E-state index contributed by atoms with van der Waals surface area (Å²) >= 11 is 0. The first-order valence-electron chi connectivity index (χ1n) is 6.97. The molecule has 110 valence electrons. The summed E-state index contributed by atoms with van der Waals surface area (Å²) in [6.07, 6.45) is 3.19. The Morgan fingerprint density at radius 1 is 1.35 bits per heavy atom. The second kappa shape index (κ2) is 4.96. The quantitative estimate of drug-likeness (QED) is 0.795. The van der Waals surface area contributed by atoms with Gasteiger partial charge >= 0.3 is 5.97 Å². The molecule has 1 amide bonds. The van der Waals surface area contributed by atoms with Crippen molar-refractivity contribution in [2.24, 2.45) is 5.41 Å². The van der Waals surface area contributed by atoms with E-state index in [4.69, 9.17) is 5.11 Å². The molecule has 20 heavy (non-hydrogen) atoms. The standard InChI is InChI=1S/C15H22N2O3/c1-8-11(9(2)16-12(8)14(19)20)13(18)17-10-6-5-7-15(10,3)4/h10,16H,5-7H2,1-4H3,(H,17,18)(H,19,20). The Kier molecular flexibility index (Phi) is 3.63. The van der Waals surface area contributed by atoms with Gasteiger partial charge in [-0.1, -0.05) is 20.3 Å². The summed E-state index contributed by atoms with van der Waals surface area (Å²) in [4.78, 5) is 26.3. The molecule has 0 aliphatic heterocycles. The smallest absolute Gasteiger partial charge is 0.352 e. The highest BCUT2D eigenvalue weighted by atomic mass is 16.4. The molecule has 0 bridgehead atoms. The van der Waals surface area contributed by atoms with Crippen molar-refractivity contribution in [3.63, 3.8) is 0 Å². The van der Waals surface area contributed by atoms with Crippen LogP contribution in [0, 0.1) is 19.3 Å². The van der Waals surface area contributed by atoms with Crippen molar-refractivity contribution in [2.75, 3.05) is 0 Å². The molecule has 1 atom stereocenters. The Bertz CT molecular complexity index is 558. The molecule has 0 saturated heterocycles. The number of aromatic nitrogens is 1. The first-order valence-corrected chi connectivity index (χ1v) is 6.97.